The molecule has 0 aromatic heterocycles. The highest BCUT2D eigenvalue weighted by Crippen LogP contribution is 2.17. The highest BCUT2D eigenvalue weighted by Gasteiger charge is 2.06. The summed E-state index contributed by atoms with van der Waals surface area (Å²) in [5.41, 5.74) is 0. The van der Waals surface area contributed by atoms with Gasteiger partial charge < -0.3 is 24.3 Å². The zero-order valence-electron chi connectivity index (χ0n) is 12.8. The maximum atomic E-state index is 11.4. The molecule has 22 heavy (non-hydrogen) atoms. The average Bonchev–Trinajstić information content (AvgIpc) is 2.52. The van der Waals surface area contributed by atoms with Crippen molar-refractivity contribution in [3.63, 3.8) is 0 Å². The number of methoxy groups -OCH3 is 1. The van der Waals surface area contributed by atoms with Crippen LogP contribution in [0.2, 0.25) is 0 Å². The number of hydrogen-bond donors (Lipinski definition) is 1. The van der Waals surface area contributed by atoms with Crippen LogP contribution in [-0.2, 0) is 19.1 Å². The molecule has 0 radical (unpaired) electrons. The molecule has 1 aromatic rings. The van der Waals surface area contributed by atoms with Gasteiger partial charge in [-0.25, -0.2) is 4.79 Å². The van der Waals surface area contributed by atoms with Crippen LogP contribution in [0.1, 0.15) is 6.92 Å². The van der Waals surface area contributed by atoms with Gasteiger partial charge in [-0.2, -0.15) is 0 Å². The number of benzene rings is 1. The van der Waals surface area contributed by atoms with E-state index in [0.29, 0.717) is 25.5 Å². The Hall–Kier alpha value is -2.28. The number of carbonyl (C=O) groups excluding carboxylic acids is 2. The summed E-state index contributed by atoms with van der Waals surface area (Å²) in [6, 6.07) is 7.21. The molecule has 0 aliphatic rings. The summed E-state index contributed by atoms with van der Waals surface area (Å²) < 4.78 is 20.0. The lowest BCUT2D eigenvalue weighted by molar-refractivity contribution is -0.152. The zero-order chi connectivity index (χ0) is 16.2. The second-order valence-electron chi connectivity index (χ2n) is 4.20. The monoisotopic (exact) mass is 311 g/mol. The van der Waals surface area contributed by atoms with Gasteiger partial charge in [-0.1, -0.05) is 0 Å². The van der Waals surface area contributed by atoms with Crippen LogP contribution in [0, 0.1) is 0 Å². The van der Waals surface area contributed by atoms with E-state index in [9.17, 15) is 9.59 Å². The second-order valence-corrected chi connectivity index (χ2v) is 4.20. The number of amides is 1. The largest absolute Gasteiger partial charge is 0.494 e. The lowest BCUT2D eigenvalue weighted by Crippen LogP contribution is -2.32. The maximum Gasteiger partial charge on any atom is 0.332 e. The molecule has 0 spiro atoms. The fourth-order valence-corrected chi connectivity index (χ4v) is 1.51. The van der Waals surface area contributed by atoms with Crippen LogP contribution in [0.4, 0.5) is 0 Å². The van der Waals surface area contributed by atoms with E-state index in [4.69, 9.17) is 9.47 Å². The molecule has 7 heteroatoms. The molecule has 0 aliphatic heterocycles. The zero-order valence-corrected chi connectivity index (χ0v) is 12.8. The molecular weight excluding hydrogens is 290 g/mol. The summed E-state index contributed by atoms with van der Waals surface area (Å²) in [6.45, 7) is 2.65. The number of rotatable bonds is 10. The number of ether oxygens (including phenoxy) is 4. The summed E-state index contributed by atoms with van der Waals surface area (Å²) in [4.78, 5) is 22.4. The van der Waals surface area contributed by atoms with Crippen LogP contribution in [0.15, 0.2) is 24.3 Å². The molecule has 0 saturated carbocycles. The third kappa shape index (κ3) is 7.49. The molecule has 122 valence electrons. The predicted octanol–water partition coefficient (Wildman–Crippen LogP) is 0.770. The molecule has 0 bridgehead atoms. The molecular formula is C15H21NO6. The van der Waals surface area contributed by atoms with Gasteiger partial charge in [-0.15, -0.1) is 0 Å². The fourth-order valence-electron chi connectivity index (χ4n) is 1.51. The van der Waals surface area contributed by atoms with E-state index in [0.717, 1.165) is 5.75 Å². The Bertz CT molecular complexity index is 460. The van der Waals surface area contributed by atoms with Crippen molar-refractivity contribution < 1.29 is 28.5 Å². The van der Waals surface area contributed by atoms with E-state index in [1.807, 2.05) is 19.1 Å². The normalized spacial score (nSPS) is 9.91. The second kappa shape index (κ2) is 10.4. The molecule has 0 fully saturated rings. The maximum absolute atomic E-state index is 11.4. The minimum absolute atomic E-state index is 0.172. The van der Waals surface area contributed by atoms with Crippen LogP contribution >= 0.6 is 0 Å². The average molecular weight is 311 g/mol. The molecule has 0 aliphatic carbocycles. The first kappa shape index (κ1) is 17.8. The number of esters is 1. The van der Waals surface area contributed by atoms with Gasteiger partial charge in [0.1, 0.15) is 24.7 Å². The summed E-state index contributed by atoms with van der Waals surface area (Å²) in [5.74, 6) is 0.494. The molecule has 1 rings (SSSR count). The number of hydrogen-bond acceptors (Lipinski definition) is 6. The molecule has 0 saturated heterocycles. The van der Waals surface area contributed by atoms with Crippen LogP contribution in [-0.4, -0.2) is 52.0 Å². The van der Waals surface area contributed by atoms with Crippen molar-refractivity contribution in [3.8, 4) is 11.5 Å². The van der Waals surface area contributed by atoms with Crippen molar-refractivity contribution in [2.24, 2.45) is 0 Å². The molecule has 7 nitrogen and oxygen atoms in total. The van der Waals surface area contributed by atoms with Gasteiger partial charge in [-0.05, 0) is 31.2 Å². The molecule has 0 heterocycles. The SMILES string of the molecule is CCOc1ccc(OCCNC(=O)COC(=O)COC)cc1. The first-order chi connectivity index (χ1) is 10.7. The predicted molar refractivity (Wildman–Crippen MR) is 79.0 cm³/mol. The molecule has 0 atom stereocenters. The van der Waals surface area contributed by atoms with Crippen molar-refractivity contribution in [2.75, 3.05) is 40.1 Å². The van der Waals surface area contributed by atoms with Gasteiger partial charge in [0.25, 0.3) is 5.91 Å². The Morgan fingerprint density at radius 3 is 2.27 bits per heavy atom. The standard InChI is InChI=1S/C15H21NO6/c1-3-20-12-4-6-13(7-5-12)21-9-8-16-14(17)10-22-15(18)11-19-2/h4-7H,3,8-11H2,1-2H3,(H,16,17). The summed E-state index contributed by atoms with van der Waals surface area (Å²) >= 11 is 0. The minimum atomic E-state index is -0.580. The first-order valence-corrected chi connectivity index (χ1v) is 6.92. The van der Waals surface area contributed by atoms with E-state index in [1.165, 1.54) is 7.11 Å². The number of nitrogens with one attached hydrogen (secondary N) is 1. The Labute approximate surface area is 129 Å². The summed E-state index contributed by atoms with van der Waals surface area (Å²) in [7, 11) is 1.37. The van der Waals surface area contributed by atoms with Gasteiger partial charge in [0.05, 0.1) is 13.2 Å². The highest BCUT2D eigenvalue weighted by molar-refractivity contribution is 5.80. The van der Waals surface area contributed by atoms with E-state index in [1.54, 1.807) is 12.1 Å². The van der Waals surface area contributed by atoms with E-state index < -0.39 is 5.97 Å². The van der Waals surface area contributed by atoms with Gasteiger partial charge in [0.15, 0.2) is 6.61 Å². The Kier molecular flexibility index (Phi) is 8.44. The van der Waals surface area contributed by atoms with E-state index in [2.05, 4.69) is 14.8 Å². The Balaban J connectivity index is 2.14. The topological polar surface area (TPSA) is 83.1 Å². The number of carbonyl (C=O) groups is 2. The van der Waals surface area contributed by atoms with Gasteiger partial charge in [0.2, 0.25) is 0 Å². The van der Waals surface area contributed by atoms with E-state index >= 15 is 0 Å². The van der Waals surface area contributed by atoms with Crippen molar-refractivity contribution >= 4 is 11.9 Å². The third-order valence-electron chi connectivity index (χ3n) is 2.45. The van der Waals surface area contributed by atoms with Crippen molar-refractivity contribution in [2.45, 2.75) is 6.92 Å². The van der Waals surface area contributed by atoms with Gasteiger partial charge in [0, 0.05) is 7.11 Å². The summed E-state index contributed by atoms with van der Waals surface area (Å²) in [6.07, 6.45) is 0. The molecule has 1 N–H and O–H groups in total. The van der Waals surface area contributed by atoms with Crippen molar-refractivity contribution in [1.29, 1.82) is 0 Å². The molecule has 1 aromatic carbocycles. The highest BCUT2D eigenvalue weighted by atomic mass is 16.6. The Morgan fingerprint density at radius 2 is 1.68 bits per heavy atom. The Morgan fingerprint density at radius 1 is 1.05 bits per heavy atom. The fraction of sp³-hybridized carbons (Fsp3) is 0.467. The lowest BCUT2D eigenvalue weighted by atomic mass is 10.3. The van der Waals surface area contributed by atoms with Gasteiger partial charge in [-0.3, -0.25) is 4.79 Å². The van der Waals surface area contributed by atoms with Crippen LogP contribution in [0.3, 0.4) is 0 Å². The van der Waals surface area contributed by atoms with E-state index in [-0.39, 0.29) is 19.1 Å². The lowest BCUT2D eigenvalue weighted by Gasteiger charge is -2.09. The van der Waals surface area contributed by atoms with Crippen LogP contribution < -0.4 is 14.8 Å². The van der Waals surface area contributed by atoms with Crippen LogP contribution in [0.5, 0.6) is 11.5 Å². The smallest absolute Gasteiger partial charge is 0.332 e. The molecule has 0 unspecified atom stereocenters. The van der Waals surface area contributed by atoms with Gasteiger partial charge >= 0.3 is 5.97 Å². The molecule has 1 amide bonds. The van der Waals surface area contributed by atoms with Crippen molar-refractivity contribution in [1.82, 2.24) is 5.32 Å². The third-order valence-corrected chi connectivity index (χ3v) is 2.45. The first-order valence-electron chi connectivity index (χ1n) is 6.92. The summed E-state index contributed by atoms with van der Waals surface area (Å²) in [5, 5.41) is 2.58. The quantitative estimate of drug-likeness (QED) is 0.507. The van der Waals surface area contributed by atoms with Crippen molar-refractivity contribution in [3.05, 3.63) is 24.3 Å². The minimum Gasteiger partial charge on any atom is -0.494 e. The van der Waals surface area contributed by atoms with Crippen LogP contribution in [0.25, 0.3) is 0 Å².